The zero-order valence-electron chi connectivity index (χ0n) is 12.9. The molecule has 0 amide bonds. The van der Waals surface area contributed by atoms with Gasteiger partial charge in [-0.1, -0.05) is 20.3 Å². The van der Waals surface area contributed by atoms with Gasteiger partial charge in [-0.05, 0) is 38.5 Å². The van der Waals surface area contributed by atoms with Crippen LogP contribution >= 0.6 is 0 Å². The van der Waals surface area contributed by atoms with Crippen molar-refractivity contribution in [3.63, 3.8) is 0 Å². The number of imidazole rings is 1. The van der Waals surface area contributed by atoms with Crippen LogP contribution < -0.4 is 0 Å². The molecular weight excluding hydrogens is 252 g/mol. The van der Waals surface area contributed by atoms with Crippen LogP contribution in [0.1, 0.15) is 63.5 Å². The molecule has 1 aromatic rings. The highest BCUT2D eigenvalue weighted by atomic mass is 16.5. The van der Waals surface area contributed by atoms with E-state index in [2.05, 4.69) is 18.8 Å². The van der Waals surface area contributed by atoms with Crippen molar-refractivity contribution in [1.29, 1.82) is 0 Å². The number of carbonyl (C=O) groups is 1. The predicted molar refractivity (Wildman–Crippen MR) is 78.8 cm³/mol. The molecule has 2 rings (SSSR count). The molecule has 1 fully saturated rings. The summed E-state index contributed by atoms with van der Waals surface area (Å²) in [7, 11) is 0. The maximum atomic E-state index is 13.0. The number of aromatic nitrogens is 2. The Kier molecular flexibility index (Phi) is 4.97. The normalized spacial score (nSPS) is 26.6. The molecule has 4 nitrogen and oxygen atoms in total. The van der Waals surface area contributed by atoms with Crippen LogP contribution in [0.4, 0.5) is 0 Å². The van der Waals surface area contributed by atoms with Gasteiger partial charge in [-0.25, -0.2) is 4.98 Å². The highest BCUT2D eigenvalue weighted by molar-refractivity contribution is 5.99. The zero-order valence-corrected chi connectivity index (χ0v) is 12.9. The van der Waals surface area contributed by atoms with Gasteiger partial charge < -0.3 is 9.30 Å². The number of carbonyl (C=O) groups excluding carboxylic acids is 1. The van der Waals surface area contributed by atoms with Crippen LogP contribution in [0.3, 0.4) is 0 Å². The van der Waals surface area contributed by atoms with E-state index in [9.17, 15) is 4.79 Å². The molecule has 4 heteroatoms. The summed E-state index contributed by atoms with van der Waals surface area (Å²) in [5.74, 6) is 1.17. The van der Waals surface area contributed by atoms with Gasteiger partial charge >= 0.3 is 0 Å². The third-order valence-corrected chi connectivity index (χ3v) is 4.17. The second-order valence-corrected chi connectivity index (χ2v) is 5.90. The summed E-state index contributed by atoms with van der Waals surface area (Å²) in [6.07, 6.45) is 8.49. The van der Waals surface area contributed by atoms with Crippen molar-refractivity contribution in [2.75, 3.05) is 6.61 Å². The second kappa shape index (κ2) is 6.53. The van der Waals surface area contributed by atoms with Gasteiger partial charge in [0.15, 0.2) is 5.82 Å². The van der Waals surface area contributed by atoms with Crippen molar-refractivity contribution in [3.05, 3.63) is 18.2 Å². The topological polar surface area (TPSA) is 44.1 Å². The van der Waals surface area contributed by atoms with E-state index in [1.54, 1.807) is 6.20 Å². The fourth-order valence-electron chi connectivity index (χ4n) is 3.33. The number of Topliss-reactive ketones (excluding diaryl/α,β-unsaturated/α-hetero) is 1. The van der Waals surface area contributed by atoms with E-state index >= 15 is 0 Å². The Morgan fingerprint density at radius 2 is 2.35 bits per heavy atom. The molecule has 0 N–H and O–H groups in total. The predicted octanol–water partition coefficient (Wildman–Crippen LogP) is 3.46. The minimum absolute atomic E-state index is 0.0735. The second-order valence-electron chi connectivity index (χ2n) is 5.90. The Morgan fingerprint density at radius 3 is 3.00 bits per heavy atom. The summed E-state index contributed by atoms with van der Waals surface area (Å²) in [4.78, 5) is 17.3. The minimum atomic E-state index is -0.650. The lowest BCUT2D eigenvalue weighted by Crippen LogP contribution is -2.46. The monoisotopic (exact) mass is 278 g/mol. The number of rotatable bonds is 6. The van der Waals surface area contributed by atoms with Gasteiger partial charge in [0, 0.05) is 25.5 Å². The van der Waals surface area contributed by atoms with Crippen LogP contribution in [-0.4, -0.2) is 27.5 Å². The van der Waals surface area contributed by atoms with Crippen molar-refractivity contribution in [2.45, 2.75) is 65.0 Å². The highest BCUT2D eigenvalue weighted by Crippen LogP contribution is 2.37. The number of ether oxygens (including phenoxy) is 1. The molecule has 1 saturated carbocycles. The average Bonchev–Trinajstić information content (AvgIpc) is 2.87. The molecule has 2 atom stereocenters. The van der Waals surface area contributed by atoms with Crippen LogP contribution in [0, 0.1) is 5.92 Å². The van der Waals surface area contributed by atoms with Crippen molar-refractivity contribution in [3.8, 4) is 0 Å². The molecule has 0 aromatic carbocycles. The van der Waals surface area contributed by atoms with Crippen molar-refractivity contribution >= 4 is 5.78 Å². The summed E-state index contributed by atoms with van der Waals surface area (Å²) in [5.41, 5.74) is -0.650. The smallest absolute Gasteiger partial charge is 0.229 e. The maximum absolute atomic E-state index is 13.0. The van der Waals surface area contributed by atoms with Crippen LogP contribution in [-0.2, 0) is 11.3 Å². The van der Waals surface area contributed by atoms with E-state index in [-0.39, 0.29) is 5.78 Å². The molecule has 112 valence electrons. The molecular formula is C16H26N2O2. The number of ketones is 1. The Labute approximate surface area is 121 Å². The lowest BCUT2D eigenvalue weighted by Gasteiger charge is -2.38. The Balaban J connectivity index is 2.28. The molecule has 0 radical (unpaired) electrons. The zero-order chi connectivity index (χ0) is 14.6. The third kappa shape index (κ3) is 2.95. The molecule has 20 heavy (non-hydrogen) atoms. The summed E-state index contributed by atoms with van der Waals surface area (Å²) in [5, 5.41) is 0. The van der Waals surface area contributed by atoms with Gasteiger partial charge in [-0.15, -0.1) is 0 Å². The van der Waals surface area contributed by atoms with E-state index in [0.29, 0.717) is 18.3 Å². The Bertz CT molecular complexity index is 451. The summed E-state index contributed by atoms with van der Waals surface area (Å²) >= 11 is 0. The molecule has 1 aliphatic carbocycles. The standard InChI is InChI=1S/C16H26N2O2/c1-4-10-18-11-9-17-15(18)14(19)16(20-5-2)8-6-7-13(3)12-16/h9,11,13H,4-8,10,12H2,1-3H3. The molecule has 0 bridgehead atoms. The average molecular weight is 278 g/mol. The van der Waals surface area contributed by atoms with Gasteiger partial charge in [0.1, 0.15) is 5.60 Å². The van der Waals surface area contributed by atoms with Gasteiger partial charge in [-0.2, -0.15) is 0 Å². The summed E-state index contributed by atoms with van der Waals surface area (Å²) in [6, 6.07) is 0. The first-order chi connectivity index (χ1) is 9.63. The van der Waals surface area contributed by atoms with Crippen LogP contribution in [0.15, 0.2) is 12.4 Å². The first kappa shape index (κ1) is 15.2. The SMILES string of the molecule is CCCn1ccnc1C(=O)C1(OCC)CCCC(C)C1. The molecule has 1 aliphatic rings. The Hall–Kier alpha value is -1.16. The van der Waals surface area contributed by atoms with E-state index in [0.717, 1.165) is 32.2 Å². The largest absolute Gasteiger partial charge is 0.367 e. The van der Waals surface area contributed by atoms with E-state index in [4.69, 9.17) is 4.74 Å². The molecule has 0 aliphatic heterocycles. The fraction of sp³-hybridized carbons (Fsp3) is 0.750. The molecule has 1 aromatic heterocycles. The molecule has 0 spiro atoms. The quantitative estimate of drug-likeness (QED) is 0.748. The number of hydrogen-bond acceptors (Lipinski definition) is 3. The van der Waals surface area contributed by atoms with Crippen molar-refractivity contribution < 1.29 is 9.53 Å². The van der Waals surface area contributed by atoms with Gasteiger partial charge in [-0.3, -0.25) is 4.79 Å². The van der Waals surface area contributed by atoms with E-state index in [1.807, 2.05) is 17.7 Å². The van der Waals surface area contributed by atoms with Crippen LogP contribution in [0.2, 0.25) is 0 Å². The maximum Gasteiger partial charge on any atom is 0.229 e. The van der Waals surface area contributed by atoms with Crippen LogP contribution in [0.5, 0.6) is 0 Å². The minimum Gasteiger partial charge on any atom is -0.367 e. The number of aryl methyl sites for hydroxylation is 1. The van der Waals surface area contributed by atoms with Gasteiger partial charge in [0.2, 0.25) is 5.78 Å². The number of nitrogens with zero attached hydrogens (tertiary/aromatic N) is 2. The molecule has 2 unspecified atom stereocenters. The van der Waals surface area contributed by atoms with E-state index < -0.39 is 5.60 Å². The van der Waals surface area contributed by atoms with Gasteiger partial charge in [0.25, 0.3) is 0 Å². The highest BCUT2D eigenvalue weighted by Gasteiger charge is 2.44. The number of hydrogen-bond donors (Lipinski definition) is 0. The first-order valence-corrected chi connectivity index (χ1v) is 7.83. The van der Waals surface area contributed by atoms with Gasteiger partial charge in [0.05, 0.1) is 0 Å². The Morgan fingerprint density at radius 1 is 1.55 bits per heavy atom. The summed E-state index contributed by atoms with van der Waals surface area (Å²) in [6.45, 7) is 7.69. The fourth-order valence-corrected chi connectivity index (χ4v) is 3.33. The van der Waals surface area contributed by atoms with Crippen LogP contribution in [0.25, 0.3) is 0 Å². The lowest BCUT2D eigenvalue weighted by atomic mass is 9.76. The molecule has 1 heterocycles. The molecule has 0 saturated heterocycles. The summed E-state index contributed by atoms with van der Waals surface area (Å²) < 4.78 is 7.92. The lowest BCUT2D eigenvalue weighted by molar-refractivity contribution is -0.0519. The van der Waals surface area contributed by atoms with Crippen molar-refractivity contribution in [2.24, 2.45) is 5.92 Å². The third-order valence-electron chi connectivity index (χ3n) is 4.17. The van der Waals surface area contributed by atoms with Crippen molar-refractivity contribution in [1.82, 2.24) is 9.55 Å². The first-order valence-electron chi connectivity index (χ1n) is 7.83. The van der Waals surface area contributed by atoms with E-state index in [1.165, 1.54) is 6.42 Å².